The van der Waals surface area contributed by atoms with Crippen LogP contribution in [0.25, 0.3) is 21.8 Å². The van der Waals surface area contributed by atoms with Crippen molar-refractivity contribution in [1.29, 1.82) is 0 Å². The van der Waals surface area contributed by atoms with Gasteiger partial charge in [0.25, 0.3) is 0 Å². The highest BCUT2D eigenvalue weighted by molar-refractivity contribution is 5.97. The molecular formula is C27H26F2N4O5. The van der Waals surface area contributed by atoms with E-state index < -0.39 is 17.2 Å². The zero-order valence-electron chi connectivity index (χ0n) is 20.8. The summed E-state index contributed by atoms with van der Waals surface area (Å²) in [5.74, 6) is -1.86. The Hall–Kier alpha value is -4.25. The highest BCUT2D eigenvalue weighted by Gasteiger charge is 2.30. The maximum atomic E-state index is 15.0. The predicted molar refractivity (Wildman–Crippen MR) is 140 cm³/mol. The Bertz CT molecular complexity index is 1670. The van der Waals surface area contributed by atoms with Crippen LogP contribution in [-0.2, 0) is 0 Å². The molecule has 1 saturated heterocycles. The van der Waals surface area contributed by atoms with Gasteiger partial charge < -0.3 is 29.2 Å². The van der Waals surface area contributed by atoms with Gasteiger partial charge in [0.2, 0.25) is 11.0 Å². The Morgan fingerprint density at radius 2 is 1.79 bits per heavy atom. The van der Waals surface area contributed by atoms with Gasteiger partial charge in [-0.15, -0.1) is 0 Å². The number of hydrogen-bond acceptors (Lipinski definition) is 6. The molecule has 2 aliphatic rings. The van der Waals surface area contributed by atoms with Crippen LogP contribution in [0.1, 0.15) is 23.3 Å². The Kier molecular flexibility index (Phi) is 6.62. The van der Waals surface area contributed by atoms with Crippen molar-refractivity contribution in [3.63, 3.8) is 0 Å². The monoisotopic (exact) mass is 524 g/mol. The molecule has 0 spiro atoms. The van der Waals surface area contributed by atoms with Crippen molar-refractivity contribution in [3.05, 3.63) is 80.4 Å². The topological polar surface area (TPSA) is 108 Å². The van der Waals surface area contributed by atoms with Crippen molar-refractivity contribution in [2.45, 2.75) is 13.0 Å². The fraction of sp³-hybridized carbons (Fsp3) is 0.296. The number of aromatic nitrogens is 2. The van der Waals surface area contributed by atoms with E-state index in [1.54, 1.807) is 16.7 Å². The third-order valence-electron chi connectivity index (χ3n) is 6.90. The van der Waals surface area contributed by atoms with Gasteiger partial charge in [-0.05, 0) is 38.2 Å². The molecule has 2 aromatic heterocycles. The summed E-state index contributed by atoms with van der Waals surface area (Å²) in [6.45, 7) is 5.08. The quantitative estimate of drug-likeness (QED) is 0.415. The number of piperazine rings is 1. The first-order valence-corrected chi connectivity index (χ1v) is 12.1. The Labute approximate surface area is 215 Å². The minimum absolute atomic E-state index is 0.0434. The number of nitrogens with one attached hydrogen (secondary N) is 1. The third kappa shape index (κ3) is 4.49. The molecule has 38 heavy (non-hydrogen) atoms. The molecule has 1 fully saturated rings. The number of carbonyl (C=O) groups is 1. The van der Waals surface area contributed by atoms with E-state index in [2.05, 4.69) is 9.88 Å². The molecule has 0 radical (unpaired) electrons. The number of nitrogens with zero attached hydrogens (tertiary/aromatic N) is 3. The highest BCUT2D eigenvalue weighted by Crippen LogP contribution is 2.42. The first-order valence-electron chi connectivity index (χ1n) is 12.1. The minimum Gasteiger partial charge on any atom is -0.487 e. The maximum absolute atomic E-state index is 15.0. The fourth-order valence-corrected chi connectivity index (χ4v) is 4.84. The van der Waals surface area contributed by atoms with Gasteiger partial charge in [-0.1, -0.05) is 6.07 Å². The van der Waals surface area contributed by atoms with E-state index in [0.29, 0.717) is 40.9 Å². The minimum atomic E-state index is -1.32. The molecular weight excluding hydrogens is 498 g/mol. The van der Waals surface area contributed by atoms with E-state index in [9.17, 15) is 28.3 Å². The lowest BCUT2D eigenvalue weighted by atomic mass is 10.1. The lowest BCUT2D eigenvalue weighted by Gasteiger charge is -2.37. The number of carboxylic acids is 1. The van der Waals surface area contributed by atoms with Crippen LogP contribution < -0.4 is 20.6 Å². The molecule has 4 aromatic rings. The number of rotatable bonds is 2. The van der Waals surface area contributed by atoms with Crippen LogP contribution in [0.4, 0.5) is 14.5 Å². The fourth-order valence-electron chi connectivity index (χ4n) is 4.84. The van der Waals surface area contributed by atoms with Gasteiger partial charge in [0.1, 0.15) is 23.7 Å². The molecule has 0 bridgehead atoms. The van der Waals surface area contributed by atoms with Crippen LogP contribution in [0, 0.1) is 11.6 Å². The van der Waals surface area contributed by atoms with E-state index in [1.807, 2.05) is 18.9 Å². The number of carboxylic acid groups (broad SMARTS) is 1. The normalized spacial score (nSPS) is 17.2. The second-order valence-corrected chi connectivity index (χ2v) is 9.49. The summed E-state index contributed by atoms with van der Waals surface area (Å²) in [5, 5.41) is 9.81. The van der Waals surface area contributed by atoms with Gasteiger partial charge in [-0.3, -0.25) is 9.59 Å². The summed E-state index contributed by atoms with van der Waals surface area (Å²) < 4.78 is 35.6. The molecule has 198 valence electrons. The van der Waals surface area contributed by atoms with Gasteiger partial charge in [0, 0.05) is 43.8 Å². The van der Waals surface area contributed by atoms with E-state index >= 15 is 0 Å². The second-order valence-electron chi connectivity index (χ2n) is 9.49. The average molecular weight is 525 g/mol. The number of ether oxygens (including phenoxy) is 1. The van der Waals surface area contributed by atoms with E-state index in [1.165, 1.54) is 24.4 Å². The number of H-pyrrole nitrogens is 1. The smallest absolute Gasteiger partial charge is 0.341 e. The SMILES string of the molecule is C[C@H]1COc2c(N3CCN(C)CC3)c(F)cc3c(=O)c(C(=O)O)cn1c23.O=c1ccc2c(F)cccc2[nH]1. The van der Waals surface area contributed by atoms with Gasteiger partial charge in [0.15, 0.2) is 11.6 Å². The second kappa shape index (κ2) is 9.90. The van der Waals surface area contributed by atoms with Crippen LogP contribution in [0.5, 0.6) is 5.75 Å². The van der Waals surface area contributed by atoms with Gasteiger partial charge in [0.05, 0.1) is 22.5 Å². The summed E-state index contributed by atoms with van der Waals surface area (Å²) in [4.78, 5) is 41.4. The molecule has 0 amide bonds. The number of anilines is 1. The van der Waals surface area contributed by atoms with Gasteiger partial charge >= 0.3 is 5.97 Å². The summed E-state index contributed by atoms with van der Waals surface area (Å²) in [6.07, 6.45) is 1.34. The average Bonchev–Trinajstić information content (AvgIpc) is 2.88. The van der Waals surface area contributed by atoms with Crippen LogP contribution in [-0.4, -0.2) is 65.4 Å². The summed E-state index contributed by atoms with van der Waals surface area (Å²) in [7, 11) is 2.02. The molecule has 4 heterocycles. The van der Waals surface area contributed by atoms with E-state index in [0.717, 1.165) is 19.2 Å². The summed E-state index contributed by atoms with van der Waals surface area (Å²) >= 11 is 0. The third-order valence-corrected chi connectivity index (χ3v) is 6.90. The Balaban J connectivity index is 0.000000204. The Morgan fingerprint density at radius 3 is 2.50 bits per heavy atom. The molecule has 0 saturated carbocycles. The van der Waals surface area contributed by atoms with Crippen LogP contribution in [0.2, 0.25) is 0 Å². The first-order chi connectivity index (χ1) is 18.2. The summed E-state index contributed by atoms with van der Waals surface area (Å²) in [5.41, 5.74) is 0.0916. The number of likely N-dealkylation sites (N-methyl/N-ethyl adjacent to an activating group) is 1. The first kappa shape index (κ1) is 25.4. The number of hydrogen-bond donors (Lipinski definition) is 2. The van der Waals surface area contributed by atoms with E-state index in [4.69, 9.17) is 4.74 Å². The number of pyridine rings is 2. The maximum Gasteiger partial charge on any atom is 0.341 e. The van der Waals surface area contributed by atoms with Crippen molar-refractivity contribution in [3.8, 4) is 5.75 Å². The molecule has 2 N–H and O–H groups in total. The molecule has 2 aliphatic heterocycles. The van der Waals surface area contributed by atoms with E-state index in [-0.39, 0.29) is 35.0 Å². The number of fused-ring (bicyclic) bond motifs is 1. The standard InChI is InChI=1S/C18H20FN3O4.C9H6FNO/c1-10-9-26-17-14-11(16(23)12(18(24)25)8-22(10)14)7-13(19)15(17)21-5-3-20(2)4-6-21;10-7-2-1-3-8-6(7)4-5-9(12)11-8/h7-8,10H,3-6,9H2,1-2H3,(H,24,25);1-5H,(H,11,12)/t10-;/m0./s1. The van der Waals surface area contributed by atoms with Crippen LogP contribution in [0.15, 0.2) is 52.2 Å². The zero-order chi connectivity index (χ0) is 27.1. The molecule has 0 aliphatic carbocycles. The molecule has 1 atom stereocenters. The molecule has 2 aromatic carbocycles. The molecule has 6 rings (SSSR count). The zero-order valence-corrected chi connectivity index (χ0v) is 20.8. The van der Waals surface area contributed by atoms with Crippen molar-refractivity contribution >= 4 is 33.5 Å². The predicted octanol–water partition coefficient (Wildman–Crippen LogP) is 3.21. The lowest BCUT2D eigenvalue weighted by Crippen LogP contribution is -2.45. The number of aromatic amines is 1. The molecule has 11 heteroatoms. The number of halogens is 2. The van der Waals surface area contributed by atoms with Crippen molar-refractivity contribution in [2.75, 3.05) is 44.7 Å². The lowest BCUT2D eigenvalue weighted by molar-refractivity contribution is 0.0694. The van der Waals surface area contributed by atoms with Crippen LogP contribution in [0.3, 0.4) is 0 Å². The Morgan fingerprint density at radius 1 is 1.05 bits per heavy atom. The number of benzene rings is 2. The van der Waals surface area contributed by atoms with Crippen molar-refractivity contribution < 1.29 is 23.4 Å². The number of aromatic carboxylic acids is 1. The largest absolute Gasteiger partial charge is 0.487 e. The van der Waals surface area contributed by atoms with Crippen molar-refractivity contribution in [1.82, 2.24) is 14.5 Å². The van der Waals surface area contributed by atoms with Gasteiger partial charge in [-0.2, -0.15) is 0 Å². The van der Waals surface area contributed by atoms with Crippen molar-refractivity contribution in [2.24, 2.45) is 0 Å². The highest BCUT2D eigenvalue weighted by atomic mass is 19.1. The summed E-state index contributed by atoms with van der Waals surface area (Å²) in [6, 6.07) is 8.37. The molecule has 9 nitrogen and oxygen atoms in total. The molecule has 0 unspecified atom stereocenters. The van der Waals surface area contributed by atoms with Crippen LogP contribution >= 0.6 is 0 Å². The van der Waals surface area contributed by atoms with Gasteiger partial charge in [-0.25, -0.2) is 13.6 Å².